The highest BCUT2D eigenvalue weighted by atomic mass is 35.5. The van der Waals surface area contributed by atoms with Crippen molar-refractivity contribution in [3.8, 4) is 0 Å². The molecule has 9 nitrogen and oxygen atoms in total. The molecule has 0 radical (unpaired) electrons. The third-order valence-electron chi connectivity index (χ3n) is 8.24. The van der Waals surface area contributed by atoms with Crippen LogP contribution in [0.5, 0.6) is 0 Å². The molecule has 0 bridgehead atoms. The highest BCUT2D eigenvalue weighted by Gasteiger charge is 2.50. The molecule has 5 atom stereocenters. The summed E-state index contributed by atoms with van der Waals surface area (Å²) in [6, 6.07) is 0.927. The topological polar surface area (TPSA) is 132 Å². The molecule has 12 heteroatoms. The number of amides is 3. The van der Waals surface area contributed by atoms with Crippen molar-refractivity contribution >= 4 is 57.6 Å². The van der Waals surface area contributed by atoms with Gasteiger partial charge in [0.1, 0.15) is 18.3 Å². The zero-order chi connectivity index (χ0) is 27.1. The van der Waals surface area contributed by atoms with Gasteiger partial charge in [0, 0.05) is 24.4 Å². The van der Waals surface area contributed by atoms with Gasteiger partial charge in [-0.25, -0.2) is 4.39 Å². The molecular formula is C26H29Cl2FN4O5. The average Bonchev–Trinajstić information content (AvgIpc) is 3.68. The second-order valence-electron chi connectivity index (χ2n) is 10.4. The second kappa shape index (κ2) is 10.8. The highest BCUT2D eigenvalue weighted by molar-refractivity contribution is 6.38. The van der Waals surface area contributed by atoms with E-state index in [2.05, 4.69) is 15.6 Å². The molecule has 1 aromatic carbocycles. The van der Waals surface area contributed by atoms with Gasteiger partial charge in [-0.2, -0.15) is 0 Å². The maximum Gasteiger partial charge on any atom is 0.271 e. The number of halogens is 3. The summed E-state index contributed by atoms with van der Waals surface area (Å²) in [6.07, 6.45) is 3.82. The van der Waals surface area contributed by atoms with Crippen LogP contribution < -0.4 is 10.6 Å². The Labute approximate surface area is 228 Å². The maximum absolute atomic E-state index is 14.6. The molecule has 5 rings (SSSR count). The number of rotatable bonds is 8. The number of hydrogen-bond acceptors (Lipinski definition) is 5. The number of likely N-dealkylation sites (tertiary alicyclic amines) is 1. The summed E-state index contributed by atoms with van der Waals surface area (Å²) >= 11 is 12.1. The molecule has 2 aromatic rings. The van der Waals surface area contributed by atoms with Crippen LogP contribution in [0.1, 0.15) is 49.0 Å². The molecule has 38 heavy (non-hydrogen) atoms. The molecule has 3 fully saturated rings. The Balaban J connectivity index is 1.38. The van der Waals surface area contributed by atoms with Crippen LogP contribution in [0, 0.1) is 23.6 Å². The number of H-pyrrole nitrogens is 1. The van der Waals surface area contributed by atoms with Gasteiger partial charge in [-0.05, 0) is 56.1 Å². The van der Waals surface area contributed by atoms with Gasteiger partial charge >= 0.3 is 0 Å². The van der Waals surface area contributed by atoms with Crippen LogP contribution in [0.2, 0.25) is 10.0 Å². The van der Waals surface area contributed by atoms with Gasteiger partial charge in [-0.1, -0.05) is 29.6 Å². The van der Waals surface area contributed by atoms with Crippen molar-refractivity contribution in [2.75, 3.05) is 19.7 Å². The van der Waals surface area contributed by atoms with Crippen molar-refractivity contribution in [1.82, 2.24) is 20.5 Å². The lowest BCUT2D eigenvalue weighted by atomic mass is 9.92. The SMILES string of the molecule is O=C1NCC[C@H]1CC[C@H](NC(=O)[C@@H]1[C@H]2CCC[C@H]2CN1C(=O)c1cc2c(Cl)cc(Cl)c(F)c2[nH]1)C(=O)CO. The zero-order valence-corrected chi connectivity index (χ0v) is 22.1. The summed E-state index contributed by atoms with van der Waals surface area (Å²) in [6.45, 7) is 0.186. The Hall–Kier alpha value is -2.69. The number of carbonyl (C=O) groups is 4. The van der Waals surface area contributed by atoms with Gasteiger partial charge in [0.05, 0.1) is 21.6 Å². The number of aromatic amines is 1. The number of hydrogen-bond donors (Lipinski definition) is 4. The molecule has 1 aliphatic carbocycles. The van der Waals surface area contributed by atoms with Gasteiger partial charge in [0.2, 0.25) is 11.8 Å². The molecule has 2 aliphatic heterocycles. The van der Waals surface area contributed by atoms with Crippen LogP contribution in [0.4, 0.5) is 4.39 Å². The molecule has 4 N–H and O–H groups in total. The smallest absolute Gasteiger partial charge is 0.271 e. The number of nitrogens with zero attached hydrogens (tertiary/aromatic N) is 1. The fraction of sp³-hybridized carbons (Fsp3) is 0.538. The summed E-state index contributed by atoms with van der Waals surface area (Å²) in [7, 11) is 0. The normalized spacial score (nSPS) is 25.5. The number of carbonyl (C=O) groups excluding carboxylic acids is 4. The van der Waals surface area contributed by atoms with Gasteiger partial charge in [-0.3, -0.25) is 19.2 Å². The van der Waals surface area contributed by atoms with Crippen LogP contribution in [0.15, 0.2) is 12.1 Å². The predicted molar refractivity (Wildman–Crippen MR) is 138 cm³/mol. The van der Waals surface area contributed by atoms with Crippen molar-refractivity contribution in [2.45, 2.75) is 50.6 Å². The summed E-state index contributed by atoms with van der Waals surface area (Å²) in [5, 5.41) is 15.3. The number of aliphatic hydroxyl groups excluding tert-OH is 1. The van der Waals surface area contributed by atoms with E-state index < -0.39 is 42.1 Å². The fourth-order valence-corrected chi connectivity index (χ4v) is 6.80. The Kier molecular flexibility index (Phi) is 7.66. The predicted octanol–water partition coefficient (Wildman–Crippen LogP) is 2.82. The number of nitrogens with one attached hydrogen (secondary N) is 3. The molecule has 0 spiro atoms. The number of ketones is 1. The van der Waals surface area contributed by atoms with Gasteiger partial charge in [0.15, 0.2) is 11.6 Å². The number of aromatic nitrogens is 1. The van der Waals surface area contributed by atoms with Crippen molar-refractivity contribution in [3.63, 3.8) is 0 Å². The van der Waals surface area contributed by atoms with Gasteiger partial charge in [-0.15, -0.1) is 0 Å². The van der Waals surface area contributed by atoms with E-state index >= 15 is 0 Å². The molecule has 3 heterocycles. The van der Waals surface area contributed by atoms with E-state index in [0.717, 1.165) is 19.3 Å². The molecular weight excluding hydrogens is 538 g/mol. The summed E-state index contributed by atoms with van der Waals surface area (Å²) in [5.74, 6) is -2.50. The zero-order valence-electron chi connectivity index (χ0n) is 20.6. The standard InChI is InChI=1S/C26H29Cl2FN4O5/c27-16-9-17(28)21(29)22-15(16)8-19(31-22)26(38)33-10-13-2-1-3-14(13)23(33)25(37)32-18(20(35)11-34)5-4-12-6-7-30-24(12)36/h8-9,12-14,18,23,31,34H,1-7,10-11H2,(H,30,36)(H,32,37)/t12-,13+,14+,18+,23+/m1/s1. The van der Waals surface area contributed by atoms with Gasteiger partial charge in [0.25, 0.3) is 5.91 Å². The summed E-state index contributed by atoms with van der Waals surface area (Å²) in [5.41, 5.74) is 0.0897. The van der Waals surface area contributed by atoms with Crippen LogP contribution in [0.25, 0.3) is 10.9 Å². The van der Waals surface area contributed by atoms with Crippen LogP contribution in [-0.2, 0) is 14.4 Å². The van der Waals surface area contributed by atoms with E-state index in [1.165, 1.54) is 17.0 Å². The molecule has 2 saturated heterocycles. The lowest BCUT2D eigenvalue weighted by molar-refractivity contribution is -0.132. The number of fused-ring (bicyclic) bond motifs is 2. The first-order valence-electron chi connectivity index (χ1n) is 12.9. The Morgan fingerprint density at radius 2 is 1.97 bits per heavy atom. The summed E-state index contributed by atoms with van der Waals surface area (Å²) in [4.78, 5) is 56.0. The Morgan fingerprint density at radius 3 is 2.68 bits per heavy atom. The average molecular weight is 567 g/mol. The molecule has 204 valence electrons. The first-order valence-corrected chi connectivity index (χ1v) is 13.6. The second-order valence-corrected chi connectivity index (χ2v) is 11.2. The number of Topliss-reactive ketones (excluding diaryl/α,β-unsaturated/α-hetero) is 1. The van der Waals surface area contributed by atoms with E-state index in [0.29, 0.717) is 31.3 Å². The Bertz CT molecular complexity index is 1300. The highest BCUT2D eigenvalue weighted by Crippen LogP contribution is 2.43. The van der Waals surface area contributed by atoms with Crippen molar-refractivity contribution < 1.29 is 28.7 Å². The maximum atomic E-state index is 14.6. The van der Waals surface area contributed by atoms with Gasteiger partial charge < -0.3 is 25.6 Å². The third-order valence-corrected chi connectivity index (χ3v) is 8.82. The fourth-order valence-electron chi connectivity index (χ4n) is 6.28. The van der Waals surface area contributed by atoms with Crippen LogP contribution in [0.3, 0.4) is 0 Å². The largest absolute Gasteiger partial charge is 0.389 e. The summed E-state index contributed by atoms with van der Waals surface area (Å²) < 4.78 is 14.6. The quantitative estimate of drug-likeness (QED) is 0.365. The Morgan fingerprint density at radius 1 is 1.18 bits per heavy atom. The van der Waals surface area contributed by atoms with E-state index in [-0.39, 0.29) is 51.3 Å². The van der Waals surface area contributed by atoms with E-state index in [1.54, 1.807) is 0 Å². The van der Waals surface area contributed by atoms with E-state index in [4.69, 9.17) is 23.2 Å². The van der Waals surface area contributed by atoms with Crippen molar-refractivity contribution in [1.29, 1.82) is 0 Å². The molecule has 1 saturated carbocycles. The molecule has 3 aliphatic rings. The minimum Gasteiger partial charge on any atom is -0.389 e. The first kappa shape index (κ1) is 26.9. The molecule has 3 amide bonds. The van der Waals surface area contributed by atoms with E-state index in [9.17, 15) is 28.7 Å². The minimum absolute atomic E-state index is 0.01000. The van der Waals surface area contributed by atoms with Crippen LogP contribution >= 0.6 is 23.2 Å². The molecule has 0 unspecified atom stereocenters. The van der Waals surface area contributed by atoms with Crippen molar-refractivity contribution in [2.24, 2.45) is 17.8 Å². The van der Waals surface area contributed by atoms with E-state index in [1.807, 2.05) is 0 Å². The number of benzene rings is 1. The third kappa shape index (κ3) is 4.89. The van der Waals surface area contributed by atoms with Crippen molar-refractivity contribution in [3.05, 3.63) is 33.7 Å². The number of aliphatic hydroxyl groups is 1. The first-order chi connectivity index (χ1) is 18.2. The molecule has 1 aromatic heterocycles. The lowest BCUT2D eigenvalue weighted by Crippen LogP contribution is -2.53. The minimum atomic E-state index is -0.971. The van der Waals surface area contributed by atoms with Crippen LogP contribution in [-0.4, -0.2) is 70.3 Å². The monoisotopic (exact) mass is 566 g/mol. The lowest BCUT2D eigenvalue weighted by Gasteiger charge is -2.28.